The maximum atomic E-state index is 12.5. The molecule has 0 bridgehead atoms. The Hall–Kier alpha value is -2.27. The molecule has 5 heteroatoms. The third kappa shape index (κ3) is 5.36. The van der Waals surface area contributed by atoms with Crippen LogP contribution in [0.15, 0.2) is 36.9 Å². The Bertz CT molecular complexity index is 634. The van der Waals surface area contributed by atoms with Crippen LogP contribution >= 0.6 is 0 Å². The zero-order chi connectivity index (χ0) is 18.9. The summed E-state index contributed by atoms with van der Waals surface area (Å²) in [5.74, 6) is 1.34. The van der Waals surface area contributed by atoms with E-state index in [-0.39, 0.29) is 5.91 Å². The smallest absolute Gasteiger partial charge is 0.246 e. The van der Waals surface area contributed by atoms with Crippen molar-refractivity contribution in [2.45, 2.75) is 25.8 Å². The number of hydrogen-bond donors (Lipinski definition) is 0. The molecule has 1 aromatic carbocycles. The Morgan fingerprint density at radius 3 is 2.69 bits per heavy atom. The lowest BCUT2D eigenvalue weighted by atomic mass is 10.0. The number of likely N-dealkylation sites (tertiary alicyclic amines) is 1. The van der Waals surface area contributed by atoms with Crippen molar-refractivity contribution < 1.29 is 14.3 Å². The van der Waals surface area contributed by atoms with Crippen LogP contribution in [-0.4, -0.2) is 62.1 Å². The van der Waals surface area contributed by atoms with Gasteiger partial charge in [0.15, 0.2) is 11.5 Å². The van der Waals surface area contributed by atoms with Crippen LogP contribution in [0.3, 0.4) is 0 Å². The van der Waals surface area contributed by atoms with E-state index in [9.17, 15) is 4.79 Å². The Balaban J connectivity index is 1.97. The Morgan fingerprint density at radius 1 is 1.35 bits per heavy atom. The zero-order valence-corrected chi connectivity index (χ0v) is 16.1. The summed E-state index contributed by atoms with van der Waals surface area (Å²) >= 11 is 0. The number of benzene rings is 1. The molecule has 0 radical (unpaired) electrons. The van der Waals surface area contributed by atoms with Crippen molar-refractivity contribution in [1.29, 1.82) is 0 Å². The predicted octanol–water partition coefficient (Wildman–Crippen LogP) is 3.22. The van der Waals surface area contributed by atoms with Crippen LogP contribution in [0.1, 0.15) is 25.3 Å². The summed E-state index contributed by atoms with van der Waals surface area (Å²) in [5, 5.41) is 0. The van der Waals surface area contributed by atoms with Crippen molar-refractivity contribution in [3.63, 3.8) is 0 Å². The zero-order valence-electron chi connectivity index (χ0n) is 16.1. The van der Waals surface area contributed by atoms with Crippen LogP contribution in [0, 0.1) is 0 Å². The van der Waals surface area contributed by atoms with E-state index in [0.717, 1.165) is 38.0 Å². The maximum Gasteiger partial charge on any atom is 0.246 e. The number of hydrogen-bond acceptors (Lipinski definition) is 4. The van der Waals surface area contributed by atoms with E-state index in [1.54, 1.807) is 19.3 Å². The molecule has 142 valence electrons. The normalized spacial score (nSPS) is 15.8. The molecule has 0 saturated carbocycles. The number of likely N-dealkylation sites (N-methyl/N-ethyl adjacent to an activating group) is 1. The van der Waals surface area contributed by atoms with Gasteiger partial charge in [-0.2, -0.15) is 0 Å². The van der Waals surface area contributed by atoms with Crippen molar-refractivity contribution >= 4 is 12.0 Å². The molecule has 0 N–H and O–H groups in total. The summed E-state index contributed by atoms with van der Waals surface area (Å²) in [6, 6.07) is 5.93. The number of methoxy groups -OCH3 is 1. The van der Waals surface area contributed by atoms with Crippen LogP contribution < -0.4 is 9.47 Å². The third-order valence-electron chi connectivity index (χ3n) is 4.86. The van der Waals surface area contributed by atoms with Gasteiger partial charge in [0, 0.05) is 32.3 Å². The molecule has 0 atom stereocenters. The van der Waals surface area contributed by atoms with Crippen LogP contribution in [0.2, 0.25) is 0 Å². The van der Waals surface area contributed by atoms with Gasteiger partial charge in [0.05, 0.1) is 7.11 Å². The minimum Gasteiger partial charge on any atom is -0.493 e. The van der Waals surface area contributed by atoms with Crippen LogP contribution in [0.5, 0.6) is 11.5 Å². The molecule has 0 aliphatic carbocycles. The van der Waals surface area contributed by atoms with Crippen molar-refractivity contribution in [2.75, 3.05) is 40.4 Å². The Morgan fingerprint density at radius 2 is 2.08 bits per heavy atom. The number of carbonyl (C=O) groups excluding carboxylic acids is 1. The SMILES string of the molecule is C=CCOc1ccc(/C=C/C(=O)N(C)C2CCN(CC)CC2)cc1OC. The first-order chi connectivity index (χ1) is 12.6. The fraction of sp³-hybridized carbons (Fsp3) is 0.476. The number of ether oxygens (including phenoxy) is 2. The minimum atomic E-state index is 0.0332. The molecule has 0 aromatic heterocycles. The molecule has 1 saturated heterocycles. The van der Waals surface area contributed by atoms with Gasteiger partial charge < -0.3 is 19.3 Å². The molecule has 1 aliphatic rings. The van der Waals surface area contributed by atoms with Crippen molar-refractivity contribution in [3.05, 3.63) is 42.5 Å². The Labute approximate surface area is 156 Å². The van der Waals surface area contributed by atoms with E-state index in [1.165, 1.54) is 0 Å². The molecule has 0 unspecified atom stereocenters. The fourth-order valence-electron chi connectivity index (χ4n) is 3.14. The third-order valence-corrected chi connectivity index (χ3v) is 4.86. The highest BCUT2D eigenvalue weighted by Crippen LogP contribution is 2.28. The first-order valence-corrected chi connectivity index (χ1v) is 9.18. The molecule has 1 amide bonds. The maximum absolute atomic E-state index is 12.5. The molecule has 1 heterocycles. The lowest BCUT2D eigenvalue weighted by Gasteiger charge is -2.35. The summed E-state index contributed by atoms with van der Waals surface area (Å²) in [4.78, 5) is 16.8. The second-order valence-electron chi connectivity index (χ2n) is 6.46. The lowest BCUT2D eigenvalue weighted by Crippen LogP contribution is -2.45. The molecule has 1 aromatic rings. The van der Waals surface area contributed by atoms with Crippen molar-refractivity contribution in [2.24, 2.45) is 0 Å². The molecule has 2 rings (SSSR count). The number of piperidine rings is 1. The Kier molecular flexibility index (Phi) is 7.73. The highest BCUT2D eigenvalue weighted by atomic mass is 16.5. The topological polar surface area (TPSA) is 42.0 Å². The number of nitrogens with zero attached hydrogens (tertiary/aromatic N) is 2. The van der Waals surface area contributed by atoms with Crippen LogP contribution in [0.25, 0.3) is 6.08 Å². The average Bonchev–Trinajstić information content (AvgIpc) is 2.70. The molecule has 1 aliphatic heterocycles. The standard InChI is InChI=1S/C21H30N2O3/c1-5-15-26-19-9-7-17(16-20(19)25-4)8-10-21(24)22(3)18-11-13-23(6-2)14-12-18/h5,7-10,16,18H,1,6,11-15H2,2-4H3/b10-8+. The van der Waals surface area contributed by atoms with Crippen molar-refractivity contribution in [3.8, 4) is 11.5 Å². The molecular formula is C21H30N2O3. The average molecular weight is 358 g/mol. The van der Waals surface area contributed by atoms with Gasteiger partial charge in [-0.15, -0.1) is 0 Å². The number of carbonyl (C=O) groups is 1. The summed E-state index contributed by atoms with van der Waals surface area (Å²) < 4.78 is 10.9. The predicted molar refractivity (Wildman–Crippen MR) is 106 cm³/mol. The van der Waals surface area contributed by atoms with E-state index < -0.39 is 0 Å². The lowest BCUT2D eigenvalue weighted by molar-refractivity contribution is -0.127. The molecule has 1 fully saturated rings. The van der Waals surface area contributed by atoms with E-state index >= 15 is 0 Å². The van der Waals surface area contributed by atoms with Gasteiger partial charge in [-0.1, -0.05) is 25.6 Å². The van der Waals surface area contributed by atoms with Gasteiger partial charge in [-0.3, -0.25) is 4.79 Å². The summed E-state index contributed by atoms with van der Waals surface area (Å²) in [6.45, 7) is 9.45. The van der Waals surface area contributed by atoms with Gasteiger partial charge in [0.2, 0.25) is 5.91 Å². The second-order valence-corrected chi connectivity index (χ2v) is 6.46. The minimum absolute atomic E-state index is 0.0332. The first kappa shape index (κ1) is 20.0. The van der Waals surface area contributed by atoms with E-state index in [2.05, 4.69) is 18.4 Å². The van der Waals surface area contributed by atoms with Gasteiger partial charge in [-0.05, 0) is 43.2 Å². The summed E-state index contributed by atoms with van der Waals surface area (Å²) in [5.41, 5.74) is 0.898. The first-order valence-electron chi connectivity index (χ1n) is 9.18. The second kappa shape index (κ2) is 10.0. The highest BCUT2D eigenvalue weighted by molar-refractivity contribution is 5.91. The fourth-order valence-corrected chi connectivity index (χ4v) is 3.14. The molecule has 5 nitrogen and oxygen atoms in total. The van der Waals surface area contributed by atoms with Gasteiger partial charge in [0.25, 0.3) is 0 Å². The monoisotopic (exact) mass is 358 g/mol. The summed E-state index contributed by atoms with van der Waals surface area (Å²) in [7, 11) is 3.50. The molecule has 0 spiro atoms. The van der Waals surface area contributed by atoms with Crippen molar-refractivity contribution in [1.82, 2.24) is 9.80 Å². The van der Waals surface area contributed by atoms with Gasteiger partial charge >= 0.3 is 0 Å². The summed E-state index contributed by atoms with van der Waals surface area (Å²) in [6.07, 6.45) is 7.21. The molecular weight excluding hydrogens is 328 g/mol. The van der Waals surface area contributed by atoms with E-state index in [1.807, 2.05) is 36.2 Å². The van der Waals surface area contributed by atoms with Crippen LogP contribution in [-0.2, 0) is 4.79 Å². The van der Waals surface area contributed by atoms with E-state index in [4.69, 9.17) is 9.47 Å². The number of amides is 1. The highest BCUT2D eigenvalue weighted by Gasteiger charge is 2.23. The number of rotatable bonds is 8. The quantitative estimate of drug-likeness (QED) is 0.529. The molecule has 26 heavy (non-hydrogen) atoms. The largest absolute Gasteiger partial charge is 0.493 e. The van der Waals surface area contributed by atoms with Crippen LogP contribution in [0.4, 0.5) is 0 Å². The van der Waals surface area contributed by atoms with Gasteiger partial charge in [0.1, 0.15) is 6.61 Å². The van der Waals surface area contributed by atoms with Gasteiger partial charge in [-0.25, -0.2) is 0 Å². The van der Waals surface area contributed by atoms with E-state index in [0.29, 0.717) is 24.1 Å².